The van der Waals surface area contributed by atoms with E-state index in [-0.39, 0.29) is 11.9 Å². The summed E-state index contributed by atoms with van der Waals surface area (Å²) in [6.45, 7) is 0. The molecule has 0 aliphatic heterocycles. The smallest absolute Gasteiger partial charge is 0.242 e. The second-order valence-corrected chi connectivity index (χ2v) is 3.77. The van der Waals surface area contributed by atoms with E-state index in [2.05, 4.69) is 10.6 Å². The first-order valence-corrected chi connectivity index (χ1v) is 5.21. The fraction of sp³-hybridized carbons (Fsp3) is 0.800. The molecule has 0 aromatic heterocycles. The van der Waals surface area contributed by atoms with Gasteiger partial charge in [0.05, 0.1) is 0 Å². The molecule has 0 radical (unpaired) electrons. The minimum Gasteiger partial charge on any atom is -0.357 e. The molecule has 1 atom stereocenters. The van der Waals surface area contributed by atoms with Gasteiger partial charge in [-0.3, -0.25) is 9.59 Å². The molecule has 1 saturated carbocycles. The summed E-state index contributed by atoms with van der Waals surface area (Å²) in [5.74, 6) is 0.234. The van der Waals surface area contributed by atoms with Crippen LogP contribution in [0.15, 0.2) is 0 Å². The lowest BCUT2D eigenvalue weighted by molar-refractivity contribution is -0.126. The fourth-order valence-corrected chi connectivity index (χ4v) is 2.12. The SMILES string of the molecule is CNC(=O)C(NC=O)C1CCCCC1. The molecule has 1 fully saturated rings. The monoisotopic (exact) mass is 198 g/mol. The first-order valence-electron chi connectivity index (χ1n) is 5.21. The number of likely N-dealkylation sites (N-methyl/N-ethyl adjacent to an activating group) is 1. The van der Waals surface area contributed by atoms with Crippen molar-refractivity contribution in [1.82, 2.24) is 10.6 Å². The van der Waals surface area contributed by atoms with Crippen molar-refractivity contribution in [3.63, 3.8) is 0 Å². The first-order chi connectivity index (χ1) is 6.79. The molecule has 0 heterocycles. The molecule has 0 aromatic rings. The minimum absolute atomic E-state index is 0.0796. The van der Waals surface area contributed by atoms with Gasteiger partial charge in [-0.1, -0.05) is 19.3 Å². The molecule has 0 aromatic carbocycles. The van der Waals surface area contributed by atoms with Crippen molar-refractivity contribution in [3.05, 3.63) is 0 Å². The van der Waals surface area contributed by atoms with Gasteiger partial charge in [-0.2, -0.15) is 0 Å². The lowest BCUT2D eigenvalue weighted by atomic mass is 9.83. The highest BCUT2D eigenvalue weighted by atomic mass is 16.2. The Kier molecular flexibility index (Phi) is 4.43. The van der Waals surface area contributed by atoms with Gasteiger partial charge < -0.3 is 10.6 Å². The number of hydrogen-bond acceptors (Lipinski definition) is 2. The van der Waals surface area contributed by atoms with E-state index in [9.17, 15) is 9.59 Å². The van der Waals surface area contributed by atoms with Crippen molar-refractivity contribution in [2.45, 2.75) is 38.1 Å². The fourth-order valence-electron chi connectivity index (χ4n) is 2.12. The third-order valence-electron chi connectivity index (χ3n) is 2.90. The highest BCUT2D eigenvalue weighted by Crippen LogP contribution is 2.26. The Hall–Kier alpha value is -1.06. The molecular formula is C10H18N2O2. The van der Waals surface area contributed by atoms with Crippen LogP contribution in [0, 0.1) is 5.92 Å². The lowest BCUT2D eigenvalue weighted by Crippen LogP contribution is -2.47. The molecule has 0 bridgehead atoms. The topological polar surface area (TPSA) is 58.2 Å². The van der Waals surface area contributed by atoms with Crippen LogP contribution in [-0.2, 0) is 9.59 Å². The Balaban J connectivity index is 2.55. The van der Waals surface area contributed by atoms with Crippen molar-refractivity contribution >= 4 is 12.3 Å². The Labute approximate surface area is 84.4 Å². The standard InChI is InChI=1S/C10H18N2O2/c1-11-10(14)9(12-7-13)8-5-3-2-4-6-8/h7-9H,2-6H2,1H3,(H,11,14)(H,12,13). The second-order valence-electron chi connectivity index (χ2n) is 3.77. The van der Waals surface area contributed by atoms with Crippen LogP contribution in [0.25, 0.3) is 0 Å². The summed E-state index contributed by atoms with van der Waals surface area (Å²) in [5, 5.41) is 5.20. The highest BCUT2D eigenvalue weighted by Gasteiger charge is 2.28. The van der Waals surface area contributed by atoms with E-state index in [0.717, 1.165) is 12.8 Å². The number of hydrogen-bond donors (Lipinski definition) is 2. The molecule has 0 saturated heterocycles. The third kappa shape index (κ3) is 2.72. The number of nitrogens with one attached hydrogen (secondary N) is 2. The molecule has 4 heteroatoms. The molecule has 4 nitrogen and oxygen atoms in total. The van der Waals surface area contributed by atoms with Crippen LogP contribution in [0.5, 0.6) is 0 Å². The Morgan fingerprint density at radius 2 is 2.00 bits per heavy atom. The van der Waals surface area contributed by atoms with E-state index >= 15 is 0 Å². The molecule has 1 unspecified atom stereocenters. The normalized spacial score (nSPS) is 19.8. The summed E-state index contributed by atoms with van der Waals surface area (Å²) >= 11 is 0. The van der Waals surface area contributed by atoms with Crippen molar-refractivity contribution in [1.29, 1.82) is 0 Å². The maximum absolute atomic E-state index is 11.5. The summed E-state index contributed by atoms with van der Waals surface area (Å²) in [5.41, 5.74) is 0. The quantitative estimate of drug-likeness (QED) is 0.643. The molecule has 1 aliphatic rings. The van der Waals surface area contributed by atoms with Crippen LogP contribution < -0.4 is 10.6 Å². The van der Waals surface area contributed by atoms with Gasteiger partial charge >= 0.3 is 0 Å². The van der Waals surface area contributed by atoms with Gasteiger partial charge in [0.15, 0.2) is 0 Å². The van der Waals surface area contributed by atoms with Crippen LogP contribution >= 0.6 is 0 Å². The third-order valence-corrected chi connectivity index (χ3v) is 2.90. The van der Waals surface area contributed by atoms with Gasteiger partial charge in [0.2, 0.25) is 12.3 Å². The largest absolute Gasteiger partial charge is 0.357 e. The van der Waals surface area contributed by atoms with Gasteiger partial charge in [0, 0.05) is 7.05 Å². The Morgan fingerprint density at radius 1 is 1.36 bits per heavy atom. The zero-order chi connectivity index (χ0) is 10.4. The van der Waals surface area contributed by atoms with Gasteiger partial charge in [-0.05, 0) is 18.8 Å². The van der Waals surface area contributed by atoms with E-state index < -0.39 is 0 Å². The summed E-state index contributed by atoms with van der Waals surface area (Å²) < 4.78 is 0. The van der Waals surface area contributed by atoms with Crippen molar-refractivity contribution in [3.8, 4) is 0 Å². The Morgan fingerprint density at radius 3 is 2.50 bits per heavy atom. The van der Waals surface area contributed by atoms with Crippen molar-refractivity contribution < 1.29 is 9.59 Å². The Bertz CT molecular complexity index is 200. The zero-order valence-electron chi connectivity index (χ0n) is 8.58. The van der Waals surface area contributed by atoms with Crippen LogP contribution in [0.4, 0.5) is 0 Å². The second kappa shape index (κ2) is 5.62. The number of carbonyl (C=O) groups is 2. The molecule has 2 amide bonds. The van der Waals surface area contributed by atoms with E-state index in [0.29, 0.717) is 12.3 Å². The van der Waals surface area contributed by atoms with Crippen molar-refractivity contribution in [2.75, 3.05) is 7.05 Å². The molecule has 1 rings (SSSR count). The average molecular weight is 198 g/mol. The maximum Gasteiger partial charge on any atom is 0.242 e. The summed E-state index contributed by atoms with van der Waals surface area (Å²) in [4.78, 5) is 21.9. The van der Waals surface area contributed by atoms with Gasteiger partial charge in [-0.25, -0.2) is 0 Å². The van der Waals surface area contributed by atoms with E-state index in [4.69, 9.17) is 0 Å². The minimum atomic E-state index is -0.335. The summed E-state index contributed by atoms with van der Waals surface area (Å²) in [7, 11) is 1.60. The van der Waals surface area contributed by atoms with Crippen LogP contribution in [0.1, 0.15) is 32.1 Å². The van der Waals surface area contributed by atoms with E-state index in [1.54, 1.807) is 7.05 Å². The maximum atomic E-state index is 11.5. The van der Waals surface area contributed by atoms with E-state index in [1.807, 2.05) is 0 Å². The lowest BCUT2D eigenvalue weighted by Gasteiger charge is -2.28. The number of carbonyl (C=O) groups excluding carboxylic acids is 2. The van der Waals surface area contributed by atoms with Crippen LogP contribution in [-0.4, -0.2) is 25.4 Å². The van der Waals surface area contributed by atoms with Crippen molar-refractivity contribution in [2.24, 2.45) is 5.92 Å². The first kappa shape index (κ1) is 11.0. The summed E-state index contributed by atoms with van der Waals surface area (Å²) in [6.07, 6.45) is 6.28. The number of amides is 2. The summed E-state index contributed by atoms with van der Waals surface area (Å²) in [6, 6.07) is -0.335. The predicted octanol–water partition coefficient (Wildman–Crippen LogP) is 0.427. The van der Waals surface area contributed by atoms with Crippen LogP contribution in [0.3, 0.4) is 0 Å². The van der Waals surface area contributed by atoms with Crippen LogP contribution in [0.2, 0.25) is 0 Å². The molecule has 80 valence electrons. The number of rotatable bonds is 4. The molecule has 0 spiro atoms. The average Bonchev–Trinajstić information content (AvgIpc) is 2.26. The highest BCUT2D eigenvalue weighted by molar-refractivity contribution is 5.83. The molecule has 2 N–H and O–H groups in total. The van der Waals surface area contributed by atoms with Gasteiger partial charge in [0.1, 0.15) is 6.04 Å². The van der Waals surface area contributed by atoms with Gasteiger partial charge in [0.25, 0.3) is 0 Å². The predicted molar refractivity (Wildman–Crippen MR) is 53.6 cm³/mol. The molecular weight excluding hydrogens is 180 g/mol. The van der Waals surface area contributed by atoms with Gasteiger partial charge in [-0.15, -0.1) is 0 Å². The molecule has 1 aliphatic carbocycles. The molecule has 14 heavy (non-hydrogen) atoms. The van der Waals surface area contributed by atoms with E-state index in [1.165, 1.54) is 19.3 Å². The zero-order valence-corrected chi connectivity index (χ0v) is 8.58.